The molecule has 4 heterocycles. The van der Waals surface area contributed by atoms with Gasteiger partial charge in [0.1, 0.15) is 11.5 Å². The molecule has 0 bridgehead atoms. The molecule has 0 N–H and O–H groups in total. The number of furan rings is 1. The Bertz CT molecular complexity index is 2450. The van der Waals surface area contributed by atoms with Crippen LogP contribution < -0.4 is 30.9 Å². The van der Waals surface area contributed by atoms with Gasteiger partial charge in [0, 0.05) is 39.3 Å². The Labute approximate surface area is 280 Å². The molecule has 2 unspecified atom stereocenters. The van der Waals surface area contributed by atoms with E-state index in [0.29, 0.717) is 0 Å². The molecule has 5 aliphatic rings. The average Bonchev–Trinajstić information content (AvgIpc) is 3.67. The average molecular weight is 619 g/mol. The van der Waals surface area contributed by atoms with Gasteiger partial charge in [0.05, 0.1) is 17.3 Å². The van der Waals surface area contributed by atoms with Crippen LogP contribution in [0.2, 0.25) is 0 Å². The summed E-state index contributed by atoms with van der Waals surface area (Å²) in [5.41, 5.74) is 13.8. The number of ether oxygens (including phenoxy) is 1. The van der Waals surface area contributed by atoms with Crippen LogP contribution >= 0.6 is 0 Å². The number of anilines is 5. The minimum Gasteiger partial charge on any atom is -0.480 e. The van der Waals surface area contributed by atoms with Gasteiger partial charge in [-0.25, -0.2) is 0 Å². The quantitative estimate of drug-likeness (QED) is 0.182. The summed E-state index contributed by atoms with van der Waals surface area (Å²) in [5.74, 6) is 2.07. The third-order valence-electron chi connectivity index (χ3n) is 11.2. The van der Waals surface area contributed by atoms with Crippen molar-refractivity contribution < 1.29 is 9.15 Å². The first-order chi connectivity index (χ1) is 23.7. The van der Waals surface area contributed by atoms with Crippen molar-refractivity contribution in [1.29, 1.82) is 0 Å². The smallest absolute Gasteiger partial charge is 0.252 e. The lowest BCUT2D eigenvalue weighted by Gasteiger charge is -2.47. The number of fused-ring (bicyclic) bond motifs is 10. The molecule has 5 aromatic carbocycles. The fraction of sp³-hybridized carbons (Fsp3) is 0.116. The van der Waals surface area contributed by atoms with Gasteiger partial charge in [0.25, 0.3) is 6.71 Å². The first-order valence-corrected chi connectivity index (χ1v) is 17.0. The molecule has 0 spiro atoms. The Balaban J connectivity index is 1.17. The first kappa shape index (κ1) is 26.4. The third-order valence-corrected chi connectivity index (χ3v) is 11.2. The molecule has 4 nitrogen and oxygen atoms in total. The molecule has 0 saturated heterocycles. The zero-order chi connectivity index (χ0) is 31.6. The molecule has 2 aliphatic carbocycles. The largest absolute Gasteiger partial charge is 0.480 e. The number of nitrogens with zero attached hydrogens (tertiary/aromatic N) is 2. The Hall–Kier alpha value is -5.68. The minimum atomic E-state index is -0.570. The van der Waals surface area contributed by atoms with Crippen LogP contribution in [0.5, 0.6) is 5.75 Å². The number of rotatable bonds is 2. The molecular weight excluding hydrogens is 587 g/mol. The van der Waals surface area contributed by atoms with E-state index in [1.165, 1.54) is 55.7 Å². The van der Waals surface area contributed by atoms with Gasteiger partial charge in [-0.1, -0.05) is 91.0 Å². The highest BCUT2D eigenvalue weighted by atomic mass is 16.5. The van der Waals surface area contributed by atoms with Crippen molar-refractivity contribution in [3.63, 3.8) is 0 Å². The van der Waals surface area contributed by atoms with E-state index >= 15 is 0 Å². The van der Waals surface area contributed by atoms with Gasteiger partial charge in [-0.2, -0.15) is 0 Å². The molecule has 228 valence electrons. The van der Waals surface area contributed by atoms with Crippen LogP contribution in [0.15, 0.2) is 144 Å². The van der Waals surface area contributed by atoms with Crippen LogP contribution in [0, 0.1) is 0 Å². The van der Waals surface area contributed by atoms with Crippen molar-refractivity contribution in [1.82, 2.24) is 0 Å². The Morgan fingerprint density at radius 2 is 1.42 bits per heavy atom. The van der Waals surface area contributed by atoms with Crippen LogP contribution in [0.25, 0.3) is 17.0 Å². The van der Waals surface area contributed by atoms with Gasteiger partial charge in [0.15, 0.2) is 11.2 Å². The number of hydrogen-bond acceptors (Lipinski definition) is 4. The molecule has 3 aliphatic heterocycles. The second-order valence-corrected chi connectivity index (χ2v) is 13.6. The third kappa shape index (κ3) is 3.31. The van der Waals surface area contributed by atoms with Crippen molar-refractivity contribution in [2.75, 3.05) is 9.80 Å². The van der Waals surface area contributed by atoms with Gasteiger partial charge >= 0.3 is 0 Å². The summed E-state index contributed by atoms with van der Waals surface area (Å²) in [6.07, 6.45) is 13.2. The second kappa shape index (κ2) is 9.45. The van der Waals surface area contributed by atoms with E-state index in [1.54, 1.807) is 0 Å². The first-order valence-electron chi connectivity index (χ1n) is 17.0. The van der Waals surface area contributed by atoms with Crippen LogP contribution in [0.1, 0.15) is 36.1 Å². The minimum absolute atomic E-state index is 0.0769. The normalized spacial score (nSPS) is 20.7. The van der Waals surface area contributed by atoms with E-state index in [1.807, 2.05) is 0 Å². The van der Waals surface area contributed by atoms with Crippen molar-refractivity contribution in [2.24, 2.45) is 0 Å². The predicted octanol–water partition coefficient (Wildman–Crippen LogP) is 8.53. The predicted molar refractivity (Wildman–Crippen MR) is 197 cm³/mol. The molecule has 48 heavy (non-hydrogen) atoms. The fourth-order valence-electron chi connectivity index (χ4n) is 9.15. The summed E-state index contributed by atoms with van der Waals surface area (Å²) in [6.45, 7) is 2.33. The van der Waals surface area contributed by atoms with Gasteiger partial charge in [-0.3, -0.25) is 0 Å². The molecule has 11 rings (SSSR count). The van der Waals surface area contributed by atoms with E-state index in [2.05, 4.69) is 156 Å². The van der Waals surface area contributed by atoms with Crippen LogP contribution in [0.4, 0.5) is 28.4 Å². The van der Waals surface area contributed by atoms with Gasteiger partial charge in [-0.05, 0) is 84.7 Å². The molecule has 1 aromatic heterocycles. The fourth-order valence-corrected chi connectivity index (χ4v) is 9.15. The highest BCUT2D eigenvalue weighted by Crippen LogP contribution is 2.54. The van der Waals surface area contributed by atoms with Crippen molar-refractivity contribution in [3.05, 3.63) is 156 Å². The molecule has 5 heteroatoms. The van der Waals surface area contributed by atoms with E-state index < -0.39 is 5.60 Å². The van der Waals surface area contributed by atoms with E-state index in [9.17, 15) is 0 Å². The number of allylic oxidation sites excluding steroid dienone is 3. The van der Waals surface area contributed by atoms with E-state index in [4.69, 9.17) is 9.15 Å². The van der Waals surface area contributed by atoms with Crippen molar-refractivity contribution in [3.8, 4) is 5.75 Å². The summed E-state index contributed by atoms with van der Waals surface area (Å²) in [7, 11) is 0. The Morgan fingerprint density at radius 3 is 2.27 bits per heavy atom. The van der Waals surface area contributed by atoms with Crippen molar-refractivity contribution >= 4 is 68.6 Å². The van der Waals surface area contributed by atoms with Gasteiger partial charge < -0.3 is 19.0 Å². The summed E-state index contributed by atoms with van der Waals surface area (Å²) in [4.78, 5) is 4.93. The summed E-state index contributed by atoms with van der Waals surface area (Å²) < 4.78 is 13.6. The molecule has 0 amide bonds. The van der Waals surface area contributed by atoms with Crippen LogP contribution in [0.3, 0.4) is 0 Å². The molecule has 6 aromatic rings. The number of aryl methyl sites for hydroxylation is 1. The second-order valence-electron chi connectivity index (χ2n) is 13.6. The maximum absolute atomic E-state index is 6.94. The SMILES string of the molecule is CC12Oc3ccccc3C1C=CC=C2N1c2ccccc2B2c3ccccc3N(c3cccc4c5c(oc34)C=CCC5)c3cccc1c32. The zero-order valence-electron chi connectivity index (χ0n) is 26.6. The standard InChI is InChI=1S/C43H31BN2O2/c1-43-30(29-14-3-9-25-39(29)48-43)16-11-26-40(43)46-34-20-7-5-18-32(34)44-31-17-4-6-19-33(31)45(35-21-12-22-36(46)41(35)44)37-23-10-15-28-27-13-2-8-24-38(27)47-42(28)37/h3-12,14-26,30H,2,13H2,1H3. The monoisotopic (exact) mass is 618 g/mol. The van der Waals surface area contributed by atoms with Crippen LogP contribution in [-0.4, -0.2) is 12.3 Å². The lowest BCUT2D eigenvalue weighted by molar-refractivity contribution is 0.139. The highest BCUT2D eigenvalue weighted by Gasteiger charge is 2.52. The Morgan fingerprint density at radius 1 is 0.729 bits per heavy atom. The highest BCUT2D eigenvalue weighted by molar-refractivity contribution is 7.00. The van der Waals surface area contributed by atoms with E-state index in [-0.39, 0.29) is 12.6 Å². The Kier molecular flexibility index (Phi) is 5.20. The number of para-hydroxylation sites is 4. The molecular formula is C43H31BN2O2. The van der Waals surface area contributed by atoms with Crippen molar-refractivity contribution in [2.45, 2.75) is 31.3 Å². The molecule has 0 radical (unpaired) electrons. The summed E-state index contributed by atoms with van der Waals surface area (Å²) >= 11 is 0. The lowest BCUT2D eigenvalue weighted by Crippen LogP contribution is -2.62. The topological polar surface area (TPSA) is 28.9 Å². The summed E-state index contributed by atoms with van der Waals surface area (Å²) in [6, 6.07) is 39.8. The zero-order valence-corrected chi connectivity index (χ0v) is 26.6. The maximum Gasteiger partial charge on any atom is 0.252 e. The number of benzene rings is 5. The maximum atomic E-state index is 6.94. The van der Waals surface area contributed by atoms with E-state index in [0.717, 1.165) is 41.3 Å². The molecule has 0 saturated carbocycles. The lowest BCUT2D eigenvalue weighted by atomic mass is 9.33. The molecule has 2 atom stereocenters. The van der Waals surface area contributed by atoms with Crippen LogP contribution in [-0.2, 0) is 6.42 Å². The molecule has 0 fully saturated rings. The van der Waals surface area contributed by atoms with Gasteiger partial charge in [0.2, 0.25) is 0 Å². The van der Waals surface area contributed by atoms with Gasteiger partial charge in [-0.15, -0.1) is 0 Å². The number of hydrogen-bond donors (Lipinski definition) is 0. The summed E-state index contributed by atoms with van der Waals surface area (Å²) in [5, 5.41) is 1.21.